The number of amides is 1. The van der Waals surface area contributed by atoms with Gasteiger partial charge in [-0.15, -0.1) is 0 Å². The second kappa shape index (κ2) is 10.0. The van der Waals surface area contributed by atoms with Crippen molar-refractivity contribution in [3.63, 3.8) is 0 Å². The molecular weight excluding hydrogens is 502 g/mol. The van der Waals surface area contributed by atoms with Gasteiger partial charge >= 0.3 is 0 Å². The van der Waals surface area contributed by atoms with Gasteiger partial charge in [-0.05, 0) is 61.5 Å². The van der Waals surface area contributed by atoms with E-state index in [1.807, 2.05) is 31.2 Å². The molecule has 1 amide bonds. The number of carbonyl (C=O) groups is 1. The summed E-state index contributed by atoms with van der Waals surface area (Å²) in [5.41, 5.74) is 2.88. The lowest BCUT2D eigenvalue weighted by Gasteiger charge is -2.35. The maximum Gasteiger partial charge on any atom is 0.267 e. The number of ether oxygens (including phenoxy) is 2. The van der Waals surface area contributed by atoms with E-state index >= 15 is 0 Å². The van der Waals surface area contributed by atoms with E-state index in [2.05, 4.69) is 10.2 Å². The van der Waals surface area contributed by atoms with Crippen LogP contribution in [0.1, 0.15) is 5.56 Å². The number of aryl methyl sites for hydroxylation is 1. The fraction of sp³-hybridized carbons (Fsp3) is 0.269. The predicted octanol–water partition coefficient (Wildman–Crippen LogP) is 4.08. The van der Waals surface area contributed by atoms with Gasteiger partial charge in [0.25, 0.3) is 15.9 Å². The van der Waals surface area contributed by atoms with Crippen LogP contribution in [0, 0.1) is 6.92 Å². The molecule has 8 nitrogen and oxygen atoms in total. The van der Waals surface area contributed by atoms with Crippen molar-refractivity contribution in [2.75, 3.05) is 47.4 Å². The standard InChI is InChI=1S/C26H26ClN3O5S/c1-18-2-9-22(10-3-18)36(32,33)30-17-25(35-24-11-4-19(27)16-23(24)30)26(31)28-20-5-7-21(8-6-20)29-12-14-34-15-13-29/h2-11,16,25H,12-15,17H2,1H3,(H,28,31). The number of sulfonamides is 1. The Morgan fingerprint density at radius 2 is 1.69 bits per heavy atom. The van der Waals surface area contributed by atoms with Gasteiger partial charge in [0.05, 0.1) is 30.3 Å². The smallest absolute Gasteiger partial charge is 0.267 e. The highest BCUT2D eigenvalue weighted by Crippen LogP contribution is 2.39. The van der Waals surface area contributed by atoms with E-state index in [9.17, 15) is 13.2 Å². The normalized spacial score (nSPS) is 17.8. The number of morpholine rings is 1. The molecule has 1 fully saturated rings. The highest BCUT2D eigenvalue weighted by molar-refractivity contribution is 7.92. The molecule has 2 aliphatic heterocycles. The SMILES string of the molecule is Cc1ccc(S(=O)(=O)N2CC(C(=O)Nc3ccc(N4CCOCC4)cc3)Oc3ccc(Cl)cc32)cc1. The number of nitrogens with one attached hydrogen (secondary N) is 1. The molecule has 0 bridgehead atoms. The molecule has 0 aliphatic carbocycles. The first-order valence-electron chi connectivity index (χ1n) is 11.6. The summed E-state index contributed by atoms with van der Waals surface area (Å²) >= 11 is 6.17. The lowest BCUT2D eigenvalue weighted by molar-refractivity contribution is -0.122. The van der Waals surface area contributed by atoms with Crippen molar-refractivity contribution in [3.05, 3.63) is 77.3 Å². The van der Waals surface area contributed by atoms with Crippen LogP contribution >= 0.6 is 11.6 Å². The molecule has 1 saturated heterocycles. The van der Waals surface area contributed by atoms with Crippen molar-refractivity contribution < 1.29 is 22.7 Å². The van der Waals surface area contributed by atoms with Gasteiger partial charge in [0.2, 0.25) is 0 Å². The second-order valence-electron chi connectivity index (χ2n) is 8.70. The minimum atomic E-state index is -3.97. The molecular formula is C26H26ClN3O5S. The number of rotatable bonds is 5. The summed E-state index contributed by atoms with van der Waals surface area (Å²) in [6.45, 7) is 4.69. The number of carbonyl (C=O) groups excluding carboxylic acids is 1. The first-order chi connectivity index (χ1) is 17.3. The second-order valence-corrected chi connectivity index (χ2v) is 11.0. The zero-order valence-electron chi connectivity index (χ0n) is 19.7. The van der Waals surface area contributed by atoms with Crippen LogP contribution in [0.25, 0.3) is 0 Å². The summed E-state index contributed by atoms with van der Waals surface area (Å²) in [5.74, 6) is -0.178. The van der Waals surface area contributed by atoms with Gasteiger partial charge < -0.3 is 19.7 Å². The summed E-state index contributed by atoms with van der Waals surface area (Å²) in [5, 5.41) is 3.21. The van der Waals surface area contributed by atoms with Crippen molar-refractivity contribution in [3.8, 4) is 5.75 Å². The molecule has 0 saturated carbocycles. The van der Waals surface area contributed by atoms with Crippen molar-refractivity contribution in [1.82, 2.24) is 0 Å². The van der Waals surface area contributed by atoms with Crippen molar-refractivity contribution in [2.45, 2.75) is 17.9 Å². The maximum absolute atomic E-state index is 13.6. The van der Waals surface area contributed by atoms with E-state index in [4.69, 9.17) is 21.1 Å². The highest BCUT2D eigenvalue weighted by Gasteiger charge is 2.37. The van der Waals surface area contributed by atoms with Gasteiger partial charge in [0, 0.05) is 29.5 Å². The van der Waals surface area contributed by atoms with E-state index < -0.39 is 22.0 Å². The molecule has 10 heteroatoms. The molecule has 2 aliphatic rings. The zero-order chi connectivity index (χ0) is 25.3. The van der Waals surface area contributed by atoms with Crippen molar-refractivity contribution in [1.29, 1.82) is 0 Å². The topological polar surface area (TPSA) is 88.2 Å². The minimum absolute atomic E-state index is 0.124. The Morgan fingerprint density at radius 1 is 1.00 bits per heavy atom. The number of anilines is 3. The number of fused-ring (bicyclic) bond motifs is 1. The van der Waals surface area contributed by atoms with Crippen molar-refractivity contribution in [2.24, 2.45) is 0 Å². The Labute approximate surface area is 215 Å². The summed E-state index contributed by atoms with van der Waals surface area (Å²) in [7, 11) is -3.97. The summed E-state index contributed by atoms with van der Waals surface area (Å²) in [6.07, 6.45) is -1.06. The van der Waals surface area contributed by atoms with E-state index in [-0.39, 0.29) is 17.2 Å². The predicted molar refractivity (Wildman–Crippen MR) is 140 cm³/mol. The molecule has 3 aromatic rings. The fourth-order valence-corrected chi connectivity index (χ4v) is 5.86. The third-order valence-electron chi connectivity index (χ3n) is 6.20. The van der Waals surface area contributed by atoms with Crippen LogP contribution in [0.3, 0.4) is 0 Å². The summed E-state index contributed by atoms with van der Waals surface area (Å²) in [6, 6.07) is 18.8. The number of halogens is 1. The first-order valence-corrected chi connectivity index (χ1v) is 13.4. The van der Waals surface area contributed by atoms with E-state index in [1.54, 1.807) is 36.4 Å². The number of benzene rings is 3. The van der Waals surface area contributed by atoms with Crippen LogP contribution in [0.4, 0.5) is 17.1 Å². The molecule has 0 aromatic heterocycles. The molecule has 2 heterocycles. The molecule has 0 spiro atoms. The molecule has 36 heavy (non-hydrogen) atoms. The quantitative estimate of drug-likeness (QED) is 0.538. The average Bonchev–Trinajstić information content (AvgIpc) is 2.89. The molecule has 3 aromatic carbocycles. The molecule has 1 atom stereocenters. The Hall–Kier alpha value is -3.27. The number of nitrogens with zero attached hydrogens (tertiary/aromatic N) is 2. The van der Waals surface area contributed by atoms with Gasteiger partial charge in [0.15, 0.2) is 6.10 Å². The van der Waals surface area contributed by atoms with Gasteiger partial charge in [-0.3, -0.25) is 9.10 Å². The summed E-state index contributed by atoms with van der Waals surface area (Å²) < 4.78 is 39.6. The van der Waals surface area contributed by atoms with Crippen LogP contribution in [0.2, 0.25) is 5.02 Å². The van der Waals surface area contributed by atoms with Crippen LogP contribution in [0.5, 0.6) is 5.75 Å². The van der Waals surface area contributed by atoms with Crippen molar-refractivity contribution >= 4 is 44.6 Å². The Morgan fingerprint density at radius 3 is 2.39 bits per heavy atom. The van der Waals surface area contributed by atoms with E-state index in [0.29, 0.717) is 29.6 Å². The molecule has 5 rings (SSSR count). The third-order valence-corrected chi connectivity index (χ3v) is 8.23. The average molecular weight is 528 g/mol. The number of hydrogen-bond acceptors (Lipinski definition) is 6. The third kappa shape index (κ3) is 5.00. The largest absolute Gasteiger partial charge is 0.476 e. The van der Waals surface area contributed by atoms with Crippen LogP contribution in [-0.4, -0.2) is 53.3 Å². The van der Waals surface area contributed by atoms with Gasteiger partial charge in [-0.2, -0.15) is 0 Å². The minimum Gasteiger partial charge on any atom is -0.476 e. The van der Waals surface area contributed by atoms with Gasteiger partial charge in [-0.1, -0.05) is 29.3 Å². The Bertz CT molecular complexity index is 1360. The van der Waals surface area contributed by atoms with E-state index in [1.165, 1.54) is 10.4 Å². The fourth-order valence-electron chi connectivity index (χ4n) is 4.23. The molecule has 1 unspecified atom stereocenters. The van der Waals surface area contributed by atoms with Gasteiger partial charge in [-0.25, -0.2) is 8.42 Å². The highest BCUT2D eigenvalue weighted by atomic mass is 35.5. The molecule has 0 radical (unpaired) electrons. The van der Waals surface area contributed by atoms with Crippen LogP contribution in [0.15, 0.2) is 71.6 Å². The first kappa shape index (κ1) is 24.4. The lowest BCUT2D eigenvalue weighted by Crippen LogP contribution is -2.48. The van der Waals surface area contributed by atoms with Gasteiger partial charge in [0.1, 0.15) is 5.75 Å². The Balaban J connectivity index is 1.38. The summed E-state index contributed by atoms with van der Waals surface area (Å²) in [4.78, 5) is 15.5. The van der Waals surface area contributed by atoms with E-state index in [0.717, 1.165) is 24.3 Å². The molecule has 1 N–H and O–H groups in total. The van der Waals surface area contributed by atoms with Crippen LogP contribution < -0.4 is 19.3 Å². The monoisotopic (exact) mass is 527 g/mol. The number of hydrogen-bond donors (Lipinski definition) is 1. The molecule has 188 valence electrons. The Kier molecular flexibility index (Phi) is 6.79. The zero-order valence-corrected chi connectivity index (χ0v) is 21.3. The maximum atomic E-state index is 13.6. The lowest BCUT2D eigenvalue weighted by atomic mass is 10.2. The van der Waals surface area contributed by atoms with Crippen LogP contribution in [-0.2, 0) is 19.6 Å².